The van der Waals surface area contributed by atoms with Crippen molar-refractivity contribution in [1.82, 2.24) is 25.0 Å². The third-order valence-electron chi connectivity index (χ3n) is 6.33. The number of hydrogen-bond donors (Lipinski definition) is 1. The largest absolute Gasteiger partial charge is 0.352 e. The first-order valence-corrected chi connectivity index (χ1v) is 10.1. The topological polar surface area (TPSA) is 63.1 Å². The van der Waals surface area contributed by atoms with Crippen LogP contribution in [0.1, 0.15) is 57.7 Å². The summed E-state index contributed by atoms with van der Waals surface area (Å²) in [6.45, 7) is 5.83. The molecule has 2 atom stereocenters. The molecular weight excluding hydrogens is 314 g/mol. The van der Waals surface area contributed by atoms with E-state index < -0.39 is 0 Å². The molecular formula is C19H31N5O. The fourth-order valence-electron chi connectivity index (χ4n) is 4.74. The smallest absolute Gasteiger partial charge is 0.223 e. The molecule has 1 aromatic rings. The first kappa shape index (κ1) is 17.0. The molecule has 3 aliphatic rings. The molecule has 0 spiro atoms. The van der Waals surface area contributed by atoms with E-state index in [0.29, 0.717) is 17.9 Å². The predicted octanol–water partition coefficient (Wildman–Crippen LogP) is 2.20. The van der Waals surface area contributed by atoms with Crippen molar-refractivity contribution in [3.8, 4) is 0 Å². The Morgan fingerprint density at radius 1 is 1.20 bits per heavy atom. The van der Waals surface area contributed by atoms with Crippen LogP contribution >= 0.6 is 0 Å². The van der Waals surface area contributed by atoms with Gasteiger partial charge < -0.3 is 5.32 Å². The molecule has 0 radical (unpaired) electrons. The molecule has 1 amide bonds. The third-order valence-corrected chi connectivity index (χ3v) is 6.33. The molecule has 0 aromatic carbocycles. The summed E-state index contributed by atoms with van der Waals surface area (Å²) in [5.74, 6) is 3.03. The van der Waals surface area contributed by atoms with E-state index in [1.807, 2.05) is 4.68 Å². The Kier molecular flexibility index (Phi) is 5.06. The van der Waals surface area contributed by atoms with Crippen molar-refractivity contribution < 1.29 is 4.79 Å². The molecule has 1 N–H and O–H groups in total. The number of aryl methyl sites for hydroxylation is 1. The Hall–Kier alpha value is -1.43. The van der Waals surface area contributed by atoms with Gasteiger partial charge in [0.15, 0.2) is 0 Å². The highest BCUT2D eigenvalue weighted by Crippen LogP contribution is 2.42. The highest BCUT2D eigenvalue weighted by molar-refractivity contribution is 5.79. The normalized spacial score (nSPS) is 28.4. The van der Waals surface area contributed by atoms with E-state index in [1.54, 1.807) is 6.33 Å². The average molecular weight is 345 g/mol. The van der Waals surface area contributed by atoms with Gasteiger partial charge in [-0.25, -0.2) is 9.67 Å². The van der Waals surface area contributed by atoms with Gasteiger partial charge in [0.1, 0.15) is 12.2 Å². The van der Waals surface area contributed by atoms with Crippen LogP contribution in [0.15, 0.2) is 6.33 Å². The fraction of sp³-hybridized carbons (Fsp3) is 0.842. The van der Waals surface area contributed by atoms with E-state index in [9.17, 15) is 4.79 Å². The Bertz CT molecular complexity index is 590. The van der Waals surface area contributed by atoms with Crippen LogP contribution in [0, 0.1) is 17.8 Å². The number of amides is 1. The van der Waals surface area contributed by atoms with E-state index >= 15 is 0 Å². The monoisotopic (exact) mass is 345 g/mol. The zero-order valence-corrected chi connectivity index (χ0v) is 15.4. The molecule has 1 aromatic heterocycles. The van der Waals surface area contributed by atoms with Gasteiger partial charge in [-0.3, -0.25) is 9.69 Å². The summed E-state index contributed by atoms with van der Waals surface area (Å²) in [4.78, 5) is 19.6. The molecule has 25 heavy (non-hydrogen) atoms. The number of hydrogen-bond acceptors (Lipinski definition) is 4. The van der Waals surface area contributed by atoms with Gasteiger partial charge in [0.05, 0.1) is 6.54 Å². The van der Waals surface area contributed by atoms with Crippen LogP contribution < -0.4 is 5.32 Å². The molecule has 1 aliphatic heterocycles. The lowest BCUT2D eigenvalue weighted by Gasteiger charge is -2.25. The second kappa shape index (κ2) is 7.44. The minimum atomic E-state index is 0.255. The maximum atomic E-state index is 12.7. The van der Waals surface area contributed by atoms with E-state index in [0.717, 1.165) is 50.8 Å². The Morgan fingerprint density at radius 2 is 2.00 bits per heavy atom. The van der Waals surface area contributed by atoms with Gasteiger partial charge >= 0.3 is 0 Å². The van der Waals surface area contributed by atoms with Crippen LogP contribution in [-0.4, -0.2) is 44.7 Å². The minimum Gasteiger partial charge on any atom is -0.352 e. The number of aromatic nitrogens is 3. The molecule has 2 aliphatic carbocycles. The molecule has 6 nitrogen and oxygen atoms in total. The van der Waals surface area contributed by atoms with E-state index in [1.165, 1.54) is 32.1 Å². The zero-order chi connectivity index (χ0) is 17.2. The molecule has 0 unspecified atom stereocenters. The minimum absolute atomic E-state index is 0.255. The van der Waals surface area contributed by atoms with Crippen molar-refractivity contribution in [2.45, 2.75) is 71.0 Å². The SMILES string of the molecule is CCn1ncnc1CN1C[C@H](NC(=O)C2CCCCC2)[C@@H](C2CC2)C1. The standard InChI is InChI=1S/C19H31N5O/c1-2-24-18(20-13-21-24)12-23-10-16(14-8-9-14)17(11-23)22-19(25)15-6-4-3-5-7-15/h13-17H,2-12H2,1H3,(H,22,25)/t16-,17+/m1/s1. The number of rotatable bonds is 6. The Balaban J connectivity index is 1.38. The highest BCUT2D eigenvalue weighted by atomic mass is 16.2. The average Bonchev–Trinajstić information content (AvgIpc) is 3.26. The van der Waals surface area contributed by atoms with Crippen LogP contribution in [-0.2, 0) is 17.9 Å². The van der Waals surface area contributed by atoms with Gasteiger partial charge in [-0.15, -0.1) is 0 Å². The molecule has 1 saturated heterocycles. The van der Waals surface area contributed by atoms with Crippen molar-refractivity contribution in [3.05, 3.63) is 12.2 Å². The van der Waals surface area contributed by atoms with E-state index in [-0.39, 0.29) is 5.92 Å². The van der Waals surface area contributed by atoms with Crippen molar-refractivity contribution in [3.63, 3.8) is 0 Å². The number of carbonyl (C=O) groups excluding carboxylic acids is 1. The first-order valence-electron chi connectivity index (χ1n) is 10.1. The van der Waals surface area contributed by atoms with Crippen LogP contribution in [0.3, 0.4) is 0 Å². The van der Waals surface area contributed by atoms with Gasteiger partial charge in [0.2, 0.25) is 5.91 Å². The number of nitrogens with zero attached hydrogens (tertiary/aromatic N) is 4. The van der Waals surface area contributed by atoms with Gasteiger partial charge in [0, 0.05) is 31.6 Å². The first-order chi connectivity index (χ1) is 12.2. The number of likely N-dealkylation sites (tertiary alicyclic amines) is 1. The van der Waals surface area contributed by atoms with Gasteiger partial charge in [-0.2, -0.15) is 5.10 Å². The number of nitrogens with one attached hydrogen (secondary N) is 1. The Labute approximate surface area is 150 Å². The van der Waals surface area contributed by atoms with Gasteiger partial charge in [-0.05, 0) is 44.4 Å². The van der Waals surface area contributed by atoms with Crippen molar-refractivity contribution in [1.29, 1.82) is 0 Å². The van der Waals surface area contributed by atoms with Crippen molar-refractivity contribution in [2.75, 3.05) is 13.1 Å². The summed E-state index contributed by atoms with van der Waals surface area (Å²) < 4.78 is 1.97. The molecule has 2 heterocycles. The second-order valence-corrected chi connectivity index (χ2v) is 8.14. The van der Waals surface area contributed by atoms with Crippen LogP contribution in [0.25, 0.3) is 0 Å². The van der Waals surface area contributed by atoms with E-state index in [4.69, 9.17) is 0 Å². The molecule has 138 valence electrons. The van der Waals surface area contributed by atoms with Gasteiger partial charge in [0.25, 0.3) is 0 Å². The summed E-state index contributed by atoms with van der Waals surface area (Å²) in [6.07, 6.45) is 10.2. The third kappa shape index (κ3) is 3.89. The highest BCUT2D eigenvalue weighted by Gasteiger charge is 2.43. The summed E-state index contributed by atoms with van der Waals surface area (Å²) in [5, 5.41) is 7.72. The molecule has 6 heteroatoms. The van der Waals surface area contributed by atoms with Crippen LogP contribution in [0.4, 0.5) is 0 Å². The molecule has 0 bridgehead atoms. The summed E-state index contributed by atoms with van der Waals surface area (Å²) >= 11 is 0. The molecule has 3 fully saturated rings. The van der Waals surface area contributed by atoms with Crippen LogP contribution in [0.5, 0.6) is 0 Å². The summed E-state index contributed by atoms with van der Waals surface area (Å²) in [7, 11) is 0. The number of carbonyl (C=O) groups is 1. The van der Waals surface area contributed by atoms with Crippen molar-refractivity contribution >= 4 is 5.91 Å². The van der Waals surface area contributed by atoms with Crippen molar-refractivity contribution in [2.24, 2.45) is 17.8 Å². The molecule has 2 saturated carbocycles. The van der Waals surface area contributed by atoms with Crippen LogP contribution in [0.2, 0.25) is 0 Å². The second-order valence-electron chi connectivity index (χ2n) is 8.14. The summed E-state index contributed by atoms with van der Waals surface area (Å²) in [6, 6.07) is 0.319. The summed E-state index contributed by atoms with van der Waals surface area (Å²) in [5.41, 5.74) is 0. The predicted molar refractivity (Wildman–Crippen MR) is 95.7 cm³/mol. The maximum absolute atomic E-state index is 12.7. The maximum Gasteiger partial charge on any atom is 0.223 e. The van der Waals surface area contributed by atoms with E-state index in [2.05, 4.69) is 27.2 Å². The Morgan fingerprint density at radius 3 is 2.72 bits per heavy atom. The quantitative estimate of drug-likeness (QED) is 0.858. The lowest BCUT2D eigenvalue weighted by molar-refractivity contribution is -0.126. The van der Waals surface area contributed by atoms with Gasteiger partial charge in [-0.1, -0.05) is 19.3 Å². The lowest BCUT2D eigenvalue weighted by atomic mass is 9.88. The molecule has 4 rings (SSSR count). The lowest BCUT2D eigenvalue weighted by Crippen LogP contribution is -2.44. The zero-order valence-electron chi connectivity index (χ0n) is 15.4. The fourth-order valence-corrected chi connectivity index (χ4v) is 4.74.